The quantitative estimate of drug-likeness (QED) is 0.680. The first-order valence-electron chi connectivity index (χ1n) is 3.83. The van der Waals surface area contributed by atoms with Gasteiger partial charge in [0, 0.05) is 7.05 Å². The molecule has 0 atom stereocenters. The van der Waals surface area contributed by atoms with Crippen LogP contribution in [0.4, 0.5) is 10.6 Å². The second-order valence-corrected chi connectivity index (χ2v) is 2.54. The minimum Gasteiger partial charge on any atom is -0.464 e. The summed E-state index contributed by atoms with van der Waals surface area (Å²) < 4.78 is 0.942. The molecular formula is C7H7N5O2. The van der Waals surface area contributed by atoms with Gasteiger partial charge in [0.25, 0.3) is 0 Å². The zero-order valence-corrected chi connectivity index (χ0v) is 7.30. The monoisotopic (exact) mass is 193 g/mol. The van der Waals surface area contributed by atoms with Crippen molar-refractivity contribution in [3.63, 3.8) is 0 Å². The van der Waals surface area contributed by atoms with Crippen molar-refractivity contribution in [3.8, 4) is 0 Å². The average molecular weight is 193 g/mol. The van der Waals surface area contributed by atoms with Gasteiger partial charge in [0.2, 0.25) is 0 Å². The number of aromatic nitrogens is 4. The summed E-state index contributed by atoms with van der Waals surface area (Å²) in [6, 6.07) is 0. The van der Waals surface area contributed by atoms with Crippen LogP contribution in [0.3, 0.4) is 0 Å². The molecule has 2 N–H and O–H groups in total. The van der Waals surface area contributed by atoms with Crippen LogP contribution in [0.15, 0.2) is 12.7 Å². The van der Waals surface area contributed by atoms with Crippen LogP contribution in [0.5, 0.6) is 0 Å². The molecule has 7 nitrogen and oxygen atoms in total. The van der Waals surface area contributed by atoms with E-state index < -0.39 is 6.09 Å². The smallest absolute Gasteiger partial charge is 0.418 e. The Balaban J connectivity index is 2.75. The van der Waals surface area contributed by atoms with Gasteiger partial charge in [-0.2, -0.15) is 0 Å². The Morgan fingerprint density at radius 2 is 2.29 bits per heavy atom. The molecule has 0 spiro atoms. The maximum atomic E-state index is 10.7. The molecule has 7 heteroatoms. The second kappa shape index (κ2) is 2.95. The first kappa shape index (κ1) is 8.42. The van der Waals surface area contributed by atoms with Gasteiger partial charge in [-0.05, 0) is 0 Å². The van der Waals surface area contributed by atoms with Gasteiger partial charge >= 0.3 is 6.09 Å². The third-order valence-electron chi connectivity index (χ3n) is 1.78. The Morgan fingerprint density at radius 3 is 2.93 bits per heavy atom. The molecule has 72 valence electrons. The topological polar surface area (TPSA) is 92.9 Å². The summed E-state index contributed by atoms with van der Waals surface area (Å²) in [5.41, 5.74) is 0.717. The maximum absolute atomic E-state index is 10.7. The van der Waals surface area contributed by atoms with Crippen molar-refractivity contribution in [2.45, 2.75) is 0 Å². The zero-order chi connectivity index (χ0) is 10.1. The predicted octanol–water partition coefficient (Wildman–Crippen LogP) is 0.394. The lowest BCUT2D eigenvalue weighted by Crippen LogP contribution is -2.07. The van der Waals surface area contributed by atoms with Gasteiger partial charge in [0.05, 0.1) is 0 Å². The highest BCUT2D eigenvalue weighted by molar-refractivity contribution is 5.88. The number of carboxylic acid groups (broad SMARTS) is 1. The second-order valence-electron chi connectivity index (χ2n) is 2.54. The average Bonchev–Trinajstić information content (AvgIpc) is 2.60. The minimum atomic E-state index is -1.12. The van der Waals surface area contributed by atoms with Crippen LogP contribution in [-0.4, -0.2) is 37.8 Å². The molecule has 2 heterocycles. The summed E-state index contributed by atoms with van der Waals surface area (Å²) in [6.07, 6.45) is 1.37. The SMILES string of the molecule is CNc1ncnc2c1ncn2C(=O)O. The largest absolute Gasteiger partial charge is 0.464 e. The number of hydrogen-bond acceptors (Lipinski definition) is 5. The van der Waals surface area contributed by atoms with Crippen LogP contribution in [-0.2, 0) is 0 Å². The van der Waals surface area contributed by atoms with Crippen molar-refractivity contribution < 1.29 is 9.90 Å². The molecule has 2 aromatic rings. The molecule has 0 fully saturated rings. The third-order valence-corrected chi connectivity index (χ3v) is 1.78. The molecule has 0 saturated heterocycles. The van der Waals surface area contributed by atoms with Crippen LogP contribution >= 0.6 is 0 Å². The fourth-order valence-corrected chi connectivity index (χ4v) is 1.16. The summed E-state index contributed by atoms with van der Waals surface area (Å²) >= 11 is 0. The molecule has 0 aliphatic rings. The molecule has 0 bridgehead atoms. The lowest BCUT2D eigenvalue weighted by molar-refractivity contribution is 0.197. The Hall–Kier alpha value is -2.18. The van der Waals surface area contributed by atoms with E-state index in [4.69, 9.17) is 5.11 Å². The van der Waals surface area contributed by atoms with Gasteiger partial charge in [-0.15, -0.1) is 0 Å². The molecule has 2 aromatic heterocycles. The van der Waals surface area contributed by atoms with Crippen LogP contribution in [0.25, 0.3) is 11.2 Å². The normalized spacial score (nSPS) is 10.4. The fourth-order valence-electron chi connectivity index (χ4n) is 1.16. The van der Waals surface area contributed by atoms with Crippen LogP contribution in [0, 0.1) is 0 Å². The number of nitrogens with one attached hydrogen (secondary N) is 1. The number of fused-ring (bicyclic) bond motifs is 1. The van der Waals surface area contributed by atoms with Gasteiger partial charge in [-0.3, -0.25) is 0 Å². The zero-order valence-electron chi connectivity index (χ0n) is 7.30. The first-order chi connectivity index (χ1) is 6.74. The molecule has 0 unspecified atom stereocenters. The lowest BCUT2D eigenvalue weighted by Gasteiger charge is -1.98. The van der Waals surface area contributed by atoms with E-state index >= 15 is 0 Å². The van der Waals surface area contributed by atoms with E-state index in [1.807, 2.05) is 0 Å². The summed E-state index contributed by atoms with van der Waals surface area (Å²) in [5.74, 6) is 0.509. The molecule has 0 aliphatic carbocycles. The summed E-state index contributed by atoms with van der Waals surface area (Å²) in [7, 11) is 1.68. The van der Waals surface area contributed by atoms with Crippen molar-refractivity contribution in [1.29, 1.82) is 0 Å². The molecule has 14 heavy (non-hydrogen) atoms. The molecular weight excluding hydrogens is 186 g/mol. The van der Waals surface area contributed by atoms with E-state index in [0.717, 1.165) is 4.57 Å². The predicted molar refractivity (Wildman–Crippen MR) is 48.3 cm³/mol. The highest BCUT2D eigenvalue weighted by Gasteiger charge is 2.12. The van der Waals surface area contributed by atoms with Crippen molar-refractivity contribution in [2.24, 2.45) is 0 Å². The maximum Gasteiger partial charge on any atom is 0.418 e. The van der Waals surface area contributed by atoms with Crippen molar-refractivity contribution in [3.05, 3.63) is 12.7 Å². The molecule has 2 rings (SSSR count). The van der Waals surface area contributed by atoms with Gasteiger partial charge in [0.15, 0.2) is 17.0 Å². The lowest BCUT2D eigenvalue weighted by atomic mass is 10.5. The van der Waals surface area contributed by atoms with E-state index in [1.165, 1.54) is 12.7 Å². The summed E-state index contributed by atoms with van der Waals surface area (Å²) in [4.78, 5) is 22.4. The Labute approximate surface area is 78.4 Å². The molecule has 0 aliphatic heterocycles. The van der Waals surface area contributed by atoms with Gasteiger partial charge < -0.3 is 10.4 Å². The fraction of sp³-hybridized carbons (Fsp3) is 0.143. The standard InChI is InChI=1S/C7H7N5O2/c1-8-5-4-6(10-2-9-5)12(3-11-4)7(13)14/h2-3H,1H3,(H,13,14)(H,8,9,10). The summed E-state index contributed by atoms with van der Waals surface area (Å²) in [6.45, 7) is 0. The Kier molecular flexibility index (Phi) is 1.77. The molecule has 0 aromatic carbocycles. The van der Waals surface area contributed by atoms with Gasteiger partial charge in [0.1, 0.15) is 12.7 Å². The number of hydrogen-bond donors (Lipinski definition) is 2. The molecule has 0 amide bonds. The minimum absolute atomic E-state index is 0.275. The van der Waals surface area contributed by atoms with Crippen LogP contribution in [0.2, 0.25) is 0 Å². The van der Waals surface area contributed by atoms with Gasteiger partial charge in [-0.1, -0.05) is 0 Å². The number of imidazole rings is 1. The number of anilines is 1. The van der Waals surface area contributed by atoms with E-state index in [1.54, 1.807) is 7.05 Å². The molecule has 0 radical (unpaired) electrons. The van der Waals surface area contributed by atoms with E-state index in [2.05, 4.69) is 20.3 Å². The molecule has 0 saturated carbocycles. The van der Waals surface area contributed by atoms with E-state index in [9.17, 15) is 4.79 Å². The third kappa shape index (κ3) is 1.06. The Bertz CT molecular complexity index is 492. The van der Waals surface area contributed by atoms with Crippen molar-refractivity contribution in [2.75, 3.05) is 12.4 Å². The first-order valence-corrected chi connectivity index (χ1v) is 3.83. The van der Waals surface area contributed by atoms with E-state index in [-0.39, 0.29) is 5.65 Å². The number of carbonyl (C=O) groups is 1. The summed E-state index contributed by atoms with van der Waals surface area (Å²) in [5, 5.41) is 11.6. The number of nitrogens with zero attached hydrogens (tertiary/aromatic N) is 4. The van der Waals surface area contributed by atoms with Crippen LogP contribution in [0.1, 0.15) is 0 Å². The number of rotatable bonds is 1. The van der Waals surface area contributed by atoms with E-state index in [0.29, 0.717) is 11.3 Å². The highest BCUT2D eigenvalue weighted by atomic mass is 16.4. The van der Waals surface area contributed by atoms with Crippen LogP contribution < -0.4 is 5.32 Å². The van der Waals surface area contributed by atoms with Crippen molar-refractivity contribution >= 4 is 23.1 Å². The van der Waals surface area contributed by atoms with Crippen molar-refractivity contribution in [1.82, 2.24) is 19.5 Å². The Morgan fingerprint density at radius 1 is 1.50 bits per heavy atom. The van der Waals surface area contributed by atoms with Gasteiger partial charge in [-0.25, -0.2) is 24.3 Å². The highest BCUT2D eigenvalue weighted by Crippen LogP contribution is 2.15.